The van der Waals surface area contributed by atoms with E-state index < -0.39 is 0 Å². The number of rotatable bonds is 7. The Morgan fingerprint density at radius 3 is 2.75 bits per heavy atom. The van der Waals surface area contributed by atoms with E-state index in [-0.39, 0.29) is 10.6 Å². The highest BCUT2D eigenvalue weighted by atomic mass is 16.6. The first-order chi connectivity index (χ1) is 15.6. The summed E-state index contributed by atoms with van der Waals surface area (Å²) in [7, 11) is 2.16. The third kappa shape index (κ3) is 4.72. The van der Waals surface area contributed by atoms with Gasteiger partial charge in [-0.15, -0.1) is 0 Å². The van der Waals surface area contributed by atoms with Gasteiger partial charge in [0.2, 0.25) is 0 Å². The Bertz CT molecular complexity index is 1100. The van der Waals surface area contributed by atoms with Gasteiger partial charge in [-0.2, -0.15) is 0 Å². The summed E-state index contributed by atoms with van der Waals surface area (Å²) in [6.07, 6.45) is 2.62. The maximum Gasteiger partial charge on any atom is 0.293 e. The van der Waals surface area contributed by atoms with Gasteiger partial charge in [0.25, 0.3) is 5.69 Å². The highest BCUT2D eigenvalue weighted by molar-refractivity contribution is 5.94. The van der Waals surface area contributed by atoms with E-state index in [1.54, 1.807) is 12.1 Å². The number of hydrogen-bond donors (Lipinski definition) is 2. The smallest absolute Gasteiger partial charge is 0.293 e. The quantitative estimate of drug-likeness (QED) is 0.428. The van der Waals surface area contributed by atoms with Gasteiger partial charge in [-0.25, -0.2) is 9.97 Å². The Kier molecular flexibility index (Phi) is 6.65. The molecule has 1 aliphatic heterocycles. The van der Waals surface area contributed by atoms with Crippen LogP contribution in [-0.4, -0.2) is 59.6 Å². The third-order valence-electron chi connectivity index (χ3n) is 5.81. The van der Waals surface area contributed by atoms with Crippen LogP contribution in [-0.2, 0) is 6.54 Å². The second kappa shape index (κ2) is 9.78. The van der Waals surface area contributed by atoms with Gasteiger partial charge in [0, 0.05) is 49.9 Å². The zero-order chi connectivity index (χ0) is 22.5. The highest BCUT2D eigenvalue weighted by Gasteiger charge is 2.18. The number of nitrogens with zero attached hydrogens (tertiary/aromatic N) is 5. The van der Waals surface area contributed by atoms with E-state index in [1.807, 2.05) is 13.0 Å². The van der Waals surface area contributed by atoms with Crippen LogP contribution in [0.3, 0.4) is 0 Å². The van der Waals surface area contributed by atoms with Crippen molar-refractivity contribution in [2.45, 2.75) is 19.9 Å². The number of anilines is 3. The lowest BCUT2D eigenvalue weighted by molar-refractivity contribution is -0.383. The van der Waals surface area contributed by atoms with Crippen molar-refractivity contribution in [3.8, 4) is 0 Å². The molecule has 1 saturated heterocycles. The van der Waals surface area contributed by atoms with E-state index in [0.29, 0.717) is 35.5 Å². The minimum absolute atomic E-state index is 0.0197. The molecule has 168 valence electrons. The molecule has 0 amide bonds. The Morgan fingerprint density at radius 2 is 1.94 bits per heavy atom. The molecule has 2 aromatic carbocycles. The molecule has 0 unspecified atom stereocenters. The average Bonchev–Trinajstić information content (AvgIpc) is 3.01. The molecule has 2 heterocycles. The topological polar surface area (TPSA) is 99.5 Å². The number of nitro groups is 1. The number of para-hydroxylation sites is 1. The molecule has 9 heteroatoms. The lowest BCUT2D eigenvalue weighted by Crippen LogP contribution is -2.29. The van der Waals surface area contributed by atoms with Crippen LogP contribution in [0.5, 0.6) is 0 Å². The monoisotopic (exact) mass is 435 g/mol. The Hall–Kier alpha value is -3.46. The van der Waals surface area contributed by atoms with E-state index >= 15 is 0 Å². The van der Waals surface area contributed by atoms with Gasteiger partial charge < -0.3 is 20.4 Å². The lowest BCUT2D eigenvalue weighted by Gasteiger charge is -2.25. The molecular formula is C23H29N7O2. The van der Waals surface area contributed by atoms with E-state index in [0.717, 1.165) is 32.6 Å². The first-order valence-corrected chi connectivity index (χ1v) is 11.0. The van der Waals surface area contributed by atoms with Gasteiger partial charge in [-0.1, -0.05) is 18.2 Å². The molecule has 0 atom stereocenters. The zero-order valence-electron chi connectivity index (χ0n) is 18.5. The number of likely N-dealkylation sites (N-methyl/N-ethyl adjacent to an activating group) is 1. The molecule has 0 saturated carbocycles. The molecule has 0 spiro atoms. The molecule has 2 N–H and O–H groups in total. The summed E-state index contributed by atoms with van der Waals surface area (Å²) in [6.45, 7) is 7.22. The van der Waals surface area contributed by atoms with E-state index in [1.165, 1.54) is 17.6 Å². The van der Waals surface area contributed by atoms with Crippen molar-refractivity contribution in [3.05, 3.63) is 58.4 Å². The molecule has 0 aliphatic carbocycles. The number of fused-ring (bicyclic) bond motifs is 1. The van der Waals surface area contributed by atoms with Crippen LogP contribution in [0.25, 0.3) is 10.9 Å². The fourth-order valence-corrected chi connectivity index (χ4v) is 4.15. The lowest BCUT2D eigenvalue weighted by atomic mass is 10.1. The summed E-state index contributed by atoms with van der Waals surface area (Å²) in [4.78, 5) is 24.7. The van der Waals surface area contributed by atoms with Gasteiger partial charge in [-0.3, -0.25) is 10.1 Å². The highest BCUT2D eigenvalue weighted by Crippen LogP contribution is 2.32. The van der Waals surface area contributed by atoms with Crippen molar-refractivity contribution in [3.63, 3.8) is 0 Å². The SMILES string of the molecule is CCNc1cc2ncnc(NCc3ccccc3N3CCCN(C)CC3)c2cc1[N+](=O)[O-]. The molecule has 9 nitrogen and oxygen atoms in total. The first kappa shape index (κ1) is 21.8. The minimum atomic E-state index is -0.375. The summed E-state index contributed by atoms with van der Waals surface area (Å²) < 4.78 is 0. The van der Waals surface area contributed by atoms with Gasteiger partial charge in [-0.05, 0) is 44.6 Å². The molecule has 1 aromatic heterocycles. The molecule has 32 heavy (non-hydrogen) atoms. The standard InChI is InChI=1S/C23H29N7O2/c1-3-24-20-14-19-18(13-22(20)30(31)32)23(27-16-26-19)25-15-17-7-4-5-8-21(17)29-10-6-9-28(2)11-12-29/h4-5,7-8,13-14,16,24H,3,6,9-12,15H2,1-2H3,(H,25,26,27). The molecule has 0 bridgehead atoms. The van der Waals surface area contributed by atoms with E-state index in [2.05, 4.69) is 55.6 Å². The third-order valence-corrected chi connectivity index (χ3v) is 5.81. The summed E-state index contributed by atoms with van der Waals surface area (Å²) in [5, 5.41) is 18.7. The molecule has 4 rings (SSSR count). The number of hydrogen-bond acceptors (Lipinski definition) is 8. The number of aromatic nitrogens is 2. The molecule has 0 radical (unpaired) electrons. The first-order valence-electron chi connectivity index (χ1n) is 11.0. The summed E-state index contributed by atoms with van der Waals surface area (Å²) in [5.41, 5.74) is 3.53. The summed E-state index contributed by atoms with van der Waals surface area (Å²) in [5.74, 6) is 0.589. The van der Waals surface area contributed by atoms with Crippen LogP contribution in [0.4, 0.5) is 22.9 Å². The Labute approximate surface area is 187 Å². The van der Waals surface area contributed by atoms with Crippen molar-refractivity contribution in [2.75, 3.05) is 55.3 Å². The van der Waals surface area contributed by atoms with Crippen molar-refractivity contribution in [2.24, 2.45) is 0 Å². The second-order valence-corrected chi connectivity index (χ2v) is 8.02. The van der Waals surface area contributed by atoms with E-state index in [9.17, 15) is 10.1 Å². The van der Waals surface area contributed by atoms with E-state index in [4.69, 9.17) is 0 Å². The number of nitro benzene ring substituents is 1. The second-order valence-electron chi connectivity index (χ2n) is 8.02. The maximum absolute atomic E-state index is 11.6. The van der Waals surface area contributed by atoms with Crippen LogP contribution in [0.2, 0.25) is 0 Å². The largest absolute Gasteiger partial charge is 0.380 e. The van der Waals surface area contributed by atoms with Crippen LogP contribution >= 0.6 is 0 Å². The van der Waals surface area contributed by atoms with Crippen LogP contribution < -0.4 is 15.5 Å². The van der Waals surface area contributed by atoms with Gasteiger partial charge >= 0.3 is 0 Å². The van der Waals surface area contributed by atoms with Crippen LogP contribution in [0.15, 0.2) is 42.7 Å². The summed E-state index contributed by atoms with van der Waals surface area (Å²) in [6, 6.07) is 11.6. The van der Waals surface area contributed by atoms with Crippen molar-refractivity contribution >= 4 is 33.8 Å². The van der Waals surface area contributed by atoms with Crippen molar-refractivity contribution in [1.82, 2.24) is 14.9 Å². The predicted octanol–water partition coefficient (Wildman–Crippen LogP) is 3.72. The minimum Gasteiger partial charge on any atom is -0.380 e. The molecule has 1 fully saturated rings. The van der Waals surface area contributed by atoms with Gasteiger partial charge in [0.05, 0.1) is 10.4 Å². The van der Waals surface area contributed by atoms with Crippen LogP contribution in [0, 0.1) is 10.1 Å². The zero-order valence-corrected chi connectivity index (χ0v) is 18.5. The van der Waals surface area contributed by atoms with Crippen molar-refractivity contribution in [1.29, 1.82) is 0 Å². The molecule has 3 aromatic rings. The Balaban J connectivity index is 1.61. The van der Waals surface area contributed by atoms with Gasteiger partial charge in [0.15, 0.2) is 0 Å². The summed E-state index contributed by atoms with van der Waals surface area (Å²) >= 11 is 0. The normalized spacial score (nSPS) is 14.9. The van der Waals surface area contributed by atoms with Crippen LogP contribution in [0.1, 0.15) is 18.9 Å². The fourth-order valence-electron chi connectivity index (χ4n) is 4.15. The number of benzene rings is 2. The maximum atomic E-state index is 11.6. The average molecular weight is 436 g/mol. The Morgan fingerprint density at radius 1 is 1.09 bits per heavy atom. The van der Waals surface area contributed by atoms with Crippen molar-refractivity contribution < 1.29 is 4.92 Å². The fraction of sp³-hybridized carbons (Fsp3) is 0.391. The molecular weight excluding hydrogens is 406 g/mol. The molecule has 1 aliphatic rings. The predicted molar refractivity (Wildman–Crippen MR) is 128 cm³/mol. The van der Waals surface area contributed by atoms with Gasteiger partial charge in [0.1, 0.15) is 17.8 Å². The number of nitrogens with one attached hydrogen (secondary N) is 2.